The second-order valence-electron chi connectivity index (χ2n) is 5.22. The van der Waals surface area contributed by atoms with Crippen molar-refractivity contribution < 1.29 is 4.79 Å². The molecule has 1 amide bonds. The van der Waals surface area contributed by atoms with Gasteiger partial charge >= 0.3 is 0 Å². The van der Waals surface area contributed by atoms with Gasteiger partial charge in [0.05, 0.1) is 28.8 Å². The highest BCUT2D eigenvalue weighted by Gasteiger charge is 2.12. The Balaban J connectivity index is 1.64. The van der Waals surface area contributed by atoms with Crippen molar-refractivity contribution in [2.45, 2.75) is 0 Å². The maximum atomic E-state index is 12.5. The summed E-state index contributed by atoms with van der Waals surface area (Å²) in [5, 5.41) is 10.7. The Morgan fingerprint density at radius 1 is 0.958 bits per heavy atom. The zero-order valence-corrected chi connectivity index (χ0v) is 12.6. The molecule has 0 aliphatic heterocycles. The molecular formula is C18H13N5O. The first-order valence-corrected chi connectivity index (χ1v) is 7.43. The number of benzene rings is 1. The van der Waals surface area contributed by atoms with Crippen molar-refractivity contribution in [3.63, 3.8) is 0 Å². The van der Waals surface area contributed by atoms with Crippen LogP contribution < -0.4 is 5.32 Å². The Bertz CT molecular complexity index is 1010. The third kappa shape index (κ3) is 2.61. The summed E-state index contributed by atoms with van der Waals surface area (Å²) >= 11 is 0. The molecule has 2 N–H and O–H groups in total. The fourth-order valence-corrected chi connectivity index (χ4v) is 2.48. The van der Waals surface area contributed by atoms with E-state index in [0.29, 0.717) is 17.1 Å². The number of aromatic nitrogens is 4. The molecule has 0 atom stereocenters. The van der Waals surface area contributed by atoms with Gasteiger partial charge < -0.3 is 5.32 Å². The number of nitrogens with zero attached hydrogens (tertiary/aromatic N) is 3. The van der Waals surface area contributed by atoms with Crippen molar-refractivity contribution in [3.8, 4) is 11.4 Å². The number of hydrogen-bond donors (Lipinski definition) is 2. The van der Waals surface area contributed by atoms with Crippen molar-refractivity contribution in [2.24, 2.45) is 0 Å². The molecule has 3 aromatic heterocycles. The SMILES string of the molecule is O=C(Nc1cccc2cn[nH]c12)c1cccc(-c2ccccn2)n1. The number of anilines is 1. The first-order valence-electron chi connectivity index (χ1n) is 7.43. The number of carbonyl (C=O) groups excluding carboxylic acids is 1. The number of fused-ring (bicyclic) bond motifs is 1. The quantitative estimate of drug-likeness (QED) is 0.608. The number of aromatic amines is 1. The van der Waals surface area contributed by atoms with E-state index >= 15 is 0 Å². The number of amides is 1. The Labute approximate surface area is 137 Å². The largest absolute Gasteiger partial charge is 0.319 e. The summed E-state index contributed by atoms with van der Waals surface area (Å²) in [6.07, 6.45) is 3.41. The first kappa shape index (κ1) is 14.1. The second kappa shape index (κ2) is 5.92. The van der Waals surface area contributed by atoms with Gasteiger partial charge in [-0.3, -0.25) is 14.9 Å². The van der Waals surface area contributed by atoms with E-state index in [2.05, 4.69) is 25.5 Å². The van der Waals surface area contributed by atoms with Crippen LogP contribution in [0.15, 0.2) is 67.0 Å². The van der Waals surface area contributed by atoms with Gasteiger partial charge in [-0.25, -0.2) is 4.98 Å². The highest BCUT2D eigenvalue weighted by Crippen LogP contribution is 2.21. The third-order valence-corrected chi connectivity index (χ3v) is 3.63. The Morgan fingerprint density at radius 3 is 2.71 bits per heavy atom. The van der Waals surface area contributed by atoms with Crippen LogP contribution in [-0.4, -0.2) is 26.1 Å². The minimum Gasteiger partial charge on any atom is -0.319 e. The predicted molar refractivity (Wildman–Crippen MR) is 91.5 cm³/mol. The molecule has 0 aliphatic carbocycles. The monoisotopic (exact) mass is 315 g/mol. The number of hydrogen-bond acceptors (Lipinski definition) is 4. The van der Waals surface area contributed by atoms with E-state index in [1.165, 1.54) is 0 Å². The van der Waals surface area contributed by atoms with E-state index in [1.807, 2.05) is 42.5 Å². The van der Waals surface area contributed by atoms with Crippen LogP contribution in [0.3, 0.4) is 0 Å². The topological polar surface area (TPSA) is 83.6 Å². The molecule has 0 aliphatic rings. The lowest BCUT2D eigenvalue weighted by atomic mass is 10.2. The molecule has 0 spiro atoms. The molecule has 116 valence electrons. The fourth-order valence-electron chi connectivity index (χ4n) is 2.48. The van der Waals surface area contributed by atoms with E-state index < -0.39 is 0 Å². The molecule has 0 saturated carbocycles. The number of nitrogens with one attached hydrogen (secondary N) is 2. The number of para-hydroxylation sites is 1. The fraction of sp³-hybridized carbons (Fsp3) is 0. The molecule has 3 heterocycles. The molecule has 4 aromatic rings. The van der Waals surface area contributed by atoms with Gasteiger partial charge in [0.25, 0.3) is 5.91 Å². The molecule has 0 unspecified atom stereocenters. The van der Waals surface area contributed by atoms with Crippen molar-refractivity contribution in [1.29, 1.82) is 0 Å². The molecule has 6 nitrogen and oxygen atoms in total. The van der Waals surface area contributed by atoms with Gasteiger partial charge in [0.2, 0.25) is 0 Å². The van der Waals surface area contributed by atoms with E-state index in [0.717, 1.165) is 16.6 Å². The van der Waals surface area contributed by atoms with E-state index in [1.54, 1.807) is 24.5 Å². The molecule has 0 fully saturated rings. The zero-order chi connectivity index (χ0) is 16.4. The number of H-pyrrole nitrogens is 1. The van der Waals surface area contributed by atoms with E-state index in [-0.39, 0.29) is 5.91 Å². The van der Waals surface area contributed by atoms with Crippen LogP contribution in [0.5, 0.6) is 0 Å². The van der Waals surface area contributed by atoms with E-state index in [9.17, 15) is 4.79 Å². The lowest BCUT2D eigenvalue weighted by Gasteiger charge is -2.07. The average molecular weight is 315 g/mol. The van der Waals surface area contributed by atoms with Gasteiger partial charge in [-0.15, -0.1) is 0 Å². The minimum absolute atomic E-state index is 0.283. The highest BCUT2D eigenvalue weighted by atomic mass is 16.1. The van der Waals surface area contributed by atoms with Gasteiger partial charge in [0, 0.05) is 11.6 Å². The number of pyridine rings is 2. The molecular weight excluding hydrogens is 302 g/mol. The summed E-state index contributed by atoms with van der Waals surface area (Å²) in [7, 11) is 0. The summed E-state index contributed by atoms with van der Waals surface area (Å²) in [6.45, 7) is 0. The summed E-state index contributed by atoms with van der Waals surface area (Å²) in [4.78, 5) is 21.2. The van der Waals surface area contributed by atoms with Crippen LogP contribution in [0.25, 0.3) is 22.3 Å². The van der Waals surface area contributed by atoms with Crippen molar-refractivity contribution >= 4 is 22.5 Å². The van der Waals surface area contributed by atoms with Gasteiger partial charge in [-0.2, -0.15) is 5.10 Å². The molecule has 24 heavy (non-hydrogen) atoms. The molecule has 0 radical (unpaired) electrons. The number of rotatable bonds is 3. The summed E-state index contributed by atoms with van der Waals surface area (Å²) in [5.74, 6) is -0.283. The smallest absolute Gasteiger partial charge is 0.274 e. The average Bonchev–Trinajstić information content (AvgIpc) is 3.12. The van der Waals surface area contributed by atoms with Gasteiger partial charge in [0.1, 0.15) is 5.69 Å². The van der Waals surface area contributed by atoms with Crippen LogP contribution in [0.2, 0.25) is 0 Å². The molecule has 0 bridgehead atoms. The number of carbonyl (C=O) groups is 1. The van der Waals surface area contributed by atoms with Crippen molar-refractivity contribution in [1.82, 2.24) is 20.2 Å². The minimum atomic E-state index is -0.283. The van der Waals surface area contributed by atoms with Gasteiger partial charge in [-0.05, 0) is 30.3 Å². The standard InChI is InChI=1S/C18H13N5O/c24-18(22-15-8-3-5-12-11-20-23-17(12)15)16-9-4-7-14(21-16)13-6-1-2-10-19-13/h1-11H,(H,20,23)(H,22,24). The second-order valence-corrected chi connectivity index (χ2v) is 5.22. The Morgan fingerprint density at radius 2 is 1.83 bits per heavy atom. The van der Waals surface area contributed by atoms with E-state index in [4.69, 9.17) is 0 Å². The maximum absolute atomic E-state index is 12.5. The lowest BCUT2D eigenvalue weighted by Crippen LogP contribution is -2.14. The molecule has 4 rings (SSSR count). The molecule has 0 saturated heterocycles. The van der Waals surface area contributed by atoms with Crippen LogP contribution >= 0.6 is 0 Å². The summed E-state index contributed by atoms with van der Waals surface area (Å²) < 4.78 is 0. The third-order valence-electron chi connectivity index (χ3n) is 3.63. The molecule has 1 aromatic carbocycles. The zero-order valence-electron chi connectivity index (χ0n) is 12.6. The Kier molecular flexibility index (Phi) is 3.47. The van der Waals surface area contributed by atoms with Crippen molar-refractivity contribution in [2.75, 3.05) is 5.32 Å². The van der Waals surface area contributed by atoms with Crippen molar-refractivity contribution in [3.05, 3.63) is 72.7 Å². The first-order chi connectivity index (χ1) is 11.8. The Hall–Kier alpha value is -3.54. The summed E-state index contributed by atoms with van der Waals surface area (Å²) in [6, 6.07) is 16.5. The van der Waals surface area contributed by atoms with Crippen LogP contribution in [0, 0.1) is 0 Å². The van der Waals surface area contributed by atoms with Crippen LogP contribution in [0.4, 0.5) is 5.69 Å². The van der Waals surface area contributed by atoms with Gasteiger partial charge in [0.15, 0.2) is 0 Å². The van der Waals surface area contributed by atoms with Crippen LogP contribution in [0.1, 0.15) is 10.5 Å². The molecule has 6 heteroatoms. The maximum Gasteiger partial charge on any atom is 0.274 e. The normalized spacial score (nSPS) is 10.7. The predicted octanol–water partition coefficient (Wildman–Crippen LogP) is 3.27. The lowest BCUT2D eigenvalue weighted by molar-refractivity contribution is 0.102. The van der Waals surface area contributed by atoms with Gasteiger partial charge in [-0.1, -0.05) is 24.3 Å². The van der Waals surface area contributed by atoms with Crippen LogP contribution in [-0.2, 0) is 0 Å². The highest BCUT2D eigenvalue weighted by molar-refractivity contribution is 6.07. The summed E-state index contributed by atoms with van der Waals surface area (Å²) in [5.41, 5.74) is 3.16.